The third-order valence-corrected chi connectivity index (χ3v) is 4.38. The summed E-state index contributed by atoms with van der Waals surface area (Å²) < 4.78 is 1.04. The Morgan fingerprint density at radius 2 is 2.22 bits per heavy atom. The predicted octanol–water partition coefficient (Wildman–Crippen LogP) is 2.00. The quantitative estimate of drug-likeness (QED) is 0.896. The van der Waals surface area contributed by atoms with Crippen LogP contribution in [0.15, 0.2) is 28.7 Å². The van der Waals surface area contributed by atoms with Gasteiger partial charge >= 0.3 is 5.97 Å². The summed E-state index contributed by atoms with van der Waals surface area (Å²) in [6.45, 7) is 3.18. The lowest BCUT2D eigenvalue weighted by atomic mass is 10.0. The standard InChI is InChI=1S/C13H17BrN2O2/c1-9(10-4-2-3-5-11(10)14)16-7-6-13(15,8-16)12(17)18/h2-5,9H,6-8,15H2,1H3,(H,17,18). The van der Waals surface area contributed by atoms with Crippen LogP contribution in [0.4, 0.5) is 0 Å². The van der Waals surface area contributed by atoms with Gasteiger partial charge in [-0.1, -0.05) is 34.1 Å². The van der Waals surface area contributed by atoms with Crippen LogP contribution in [0.25, 0.3) is 0 Å². The lowest BCUT2D eigenvalue weighted by Crippen LogP contribution is -2.50. The van der Waals surface area contributed by atoms with E-state index < -0.39 is 11.5 Å². The molecule has 1 aromatic rings. The molecule has 1 aromatic carbocycles. The number of aliphatic carboxylic acids is 1. The molecule has 18 heavy (non-hydrogen) atoms. The molecule has 0 aromatic heterocycles. The number of hydrogen-bond donors (Lipinski definition) is 2. The molecule has 0 spiro atoms. The lowest BCUT2D eigenvalue weighted by Gasteiger charge is -2.27. The van der Waals surface area contributed by atoms with Crippen LogP contribution in [0.1, 0.15) is 24.9 Å². The maximum Gasteiger partial charge on any atom is 0.325 e. The number of carbonyl (C=O) groups is 1. The molecule has 98 valence electrons. The van der Waals surface area contributed by atoms with Gasteiger partial charge in [0.15, 0.2) is 0 Å². The summed E-state index contributed by atoms with van der Waals surface area (Å²) in [5.41, 5.74) is 5.95. The highest BCUT2D eigenvalue weighted by Gasteiger charge is 2.42. The van der Waals surface area contributed by atoms with Crippen molar-refractivity contribution in [1.82, 2.24) is 4.90 Å². The summed E-state index contributed by atoms with van der Waals surface area (Å²) in [5.74, 6) is -0.913. The molecular weight excluding hydrogens is 296 g/mol. The van der Waals surface area contributed by atoms with E-state index in [1.165, 1.54) is 0 Å². The topological polar surface area (TPSA) is 66.6 Å². The fourth-order valence-corrected chi connectivity index (χ4v) is 3.00. The normalized spacial score (nSPS) is 26.2. The van der Waals surface area contributed by atoms with Crippen molar-refractivity contribution in [2.45, 2.75) is 24.9 Å². The number of carboxylic acid groups (broad SMARTS) is 1. The molecule has 1 saturated heterocycles. The van der Waals surface area contributed by atoms with Crippen LogP contribution in [0, 0.1) is 0 Å². The molecule has 1 heterocycles. The Hall–Kier alpha value is -0.910. The molecule has 2 rings (SSSR count). The van der Waals surface area contributed by atoms with Crippen LogP contribution >= 0.6 is 15.9 Å². The Morgan fingerprint density at radius 3 is 2.78 bits per heavy atom. The molecule has 1 aliphatic rings. The van der Waals surface area contributed by atoms with Crippen molar-refractivity contribution >= 4 is 21.9 Å². The van der Waals surface area contributed by atoms with Crippen molar-refractivity contribution < 1.29 is 9.90 Å². The van der Waals surface area contributed by atoms with Crippen LogP contribution in [0.2, 0.25) is 0 Å². The van der Waals surface area contributed by atoms with Crippen molar-refractivity contribution in [1.29, 1.82) is 0 Å². The Balaban J connectivity index is 2.15. The van der Waals surface area contributed by atoms with Crippen molar-refractivity contribution in [2.75, 3.05) is 13.1 Å². The molecule has 1 aliphatic heterocycles. The minimum Gasteiger partial charge on any atom is -0.480 e. The lowest BCUT2D eigenvalue weighted by molar-refractivity contribution is -0.142. The van der Waals surface area contributed by atoms with Gasteiger partial charge in [-0.2, -0.15) is 0 Å². The van der Waals surface area contributed by atoms with Gasteiger partial charge in [0.1, 0.15) is 5.54 Å². The van der Waals surface area contributed by atoms with Crippen molar-refractivity contribution in [3.63, 3.8) is 0 Å². The monoisotopic (exact) mass is 312 g/mol. The van der Waals surface area contributed by atoms with Gasteiger partial charge in [0.25, 0.3) is 0 Å². The molecular formula is C13H17BrN2O2. The largest absolute Gasteiger partial charge is 0.480 e. The average molecular weight is 313 g/mol. The summed E-state index contributed by atoms with van der Waals surface area (Å²) in [6, 6.07) is 8.15. The molecule has 0 aliphatic carbocycles. The highest BCUT2D eigenvalue weighted by atomic mass is 79.9. The minimum absolute atomic E-state index is 0.158. The molecule has 2 atom stereocenters. The molecule has 0 amide bonds. The first-order valence-corrected chi connectivity index (χ1v) is 6.74. The number of nitrogens with two attached hydrogens (primary N) is 1. The Kier molecular flexibility index (Phi) is 3.75. The molecule has 0 saturated carbocycles. The zero-order valence-electron chi connectivity index (χ0n) is 10.3. The molecule has 3 N–H and O–H groups in total. The summed E-state index contributed by atoms with van der Waals surface area (Å²) in [7, 11) is 0. The van der Waals surface area contributed by atoms with Gasteiger partial charge in [-0.25, -0.2) is 0 Å². The first-order valence-electron chi connectivity index (χ1n) is 5.95. The first kappa shape index (κ1) is 13.5. The highest BCUT2D eigenvalue weighted by Crippen LogP contribution is 2.32. The maximum absolute atomic E-state index is 11.1. The highest BCUT2D eigenvalue weighted by molar-refractivity contribution is 9.10. The third-order valence-electron chi connectivity index (χ3n) is 3.66. The number of hydrogen-bond acceptors (Lipinski definition) is 3. The van der Waals surface area contributed by atoms with E-state index in [2.05, 4.69) is 27.8 Å². The van der Waals surface area contributed by atoms with E-state index in [1.54, 1.807) is 0 Å². The molecule has 0 bridgehead atoms. The van der Waals surface area contributed by atoms with E-state index in [0.29, 0.717) is 19.5 Å². The fraction of sp³-hybridized carbons (Fsp3) is 0.462. The van der Waals surface area contributed by atoms with E-state index in [0.717, 1.165) is 10.0 Å². The van der Waals surface area contributed by atoms with Gasteiger partial charge in [-0.3, -0.25) is 9.69 Å². The number of carboxylic acids is 1. The van der Waals surface area contributed by atoms with E-state index in [9.17, 15) is 4.79 Å². The van der Waals surface area contributed by atoms with E-state index in [-0.39, 0.29) is 6.04 Å². The Bertz CT molecular complexity index is 466. The first-order chi connectivity index (χ1) is 8.44. The SMILES string of the molecule is CC(c1ccccc1Br)N1CCC(N)(C(=O)O)C1. The minimum atomic E-state index is -1.10. The van der Waals surface area contributed by atoms with E-state index >= 15 is 0 Å². The number of benzene rings is 1. The van der Waals surface area contributed by atoms with Crippen molar-refractivity contribution in [2.24, 2.45) is 5.73 Å². The summed E-state index contributed by atoms with van der Waals surface area (Å²) in [5, 5.41) is 9.14. The van der Waals surface area contributed by atoms with Gasteiger partial charge in [-0.15, -0.1) is 0 Å². The second-order valence-corrected chi connectivity index (χ2v) is 5.73. The predicted molar refractivity (Wildman–Crippen MR) is 73.3 cm³/mol. The van der Waals surface area contributed by atoms with Gasteiger partial charge in [0.2, 0.25) is 0 Å². The summed E-state index contributed by atoms with van der Waals surface area (Å²) in [6.07, 6.45) is 0.497. The van der Waals surface area contributed by atoms with Gasteiger partial charge in [0.05, 0.1) is 0 Å². The molecule has 5 heteroatoms. The third kappa shape index (κ3) is 2.43. The second-order valence-electron chi connectivity index (χ2n) is 4.88. The zero-order valence-corrected chi connectivity index (χ0v) is 11.9. The average Bonchev–Trinajstić information content (AvgIpc) is 2.73. The fourth-order valence-electron chi connectivity index (χ4n) is 2.38. The smallest absolute Gasteiger partial charge is 0.325 e. The number of halogens is 1. The molecule has 4 nitrogen and oxygen atoms in total. The van der Waals surface area contributed by atoms with Crippen LogP contribution in [-0.2, 0) is 4.79 Å². The van der Waals surface area contributed by atoms with Crippen LogP contribution < -0.4 is 5.73 Å². The molecule has 0 radical (unpaired) electrons. The number of rotatable bonds is 3. The number of nitrogens with zero attached hydrogens (tertiary/aromatic N) is 1. The van der Waals surface area contributed by atoms with Crippen molar-refractivity contribution in [3.8, 4) is 0 Å². The van der Waals surface area contributed by atoms with Gasteiger partial charge in [-0.05, 0) is 25.0 Å². The number of likely N-dealkylation sites (tertiary alicyclic amines) is 1. The molecule has 2 unspecified atom stereocenters. The summed E-state index contributed by atoms with van der Waals surface area (Å²) in [4.78, 5) is 13.3. The Morgan fingerprint density at radius 1 is 1.56 bits per heavy atom. The van der Waals surface area contributed by atoms with Gasteiger partial charge in [0, 0.05) is 23.6 Å². The van der Waals surface area contributed by atoms with Crippen LogP contribution in [0.5, 0.6) is 0 Å². The maximum atomic E-state index is 11.1. The Labute approximate surface area is 115 Å². The zero-order chi connectivity index (χ0) is 13.3. The van der Waals surface area contributed by atoms with E-state index in [1.807, 2.05) is 24.3 Å². The molecule has 1 fully saturated rings. The van der Waals surface area contributed by atoms with Gasteiger partial charge < -0.3 is 10.8 Å². The van der Waals surface area contributed by atoms with E-state index in [4.69, 9.17) is 10.8 Å². The van der Waals surface area contributed by atoms with Crippen molar-refractivity contribution in [3.05, 3.63) is 34.3 Å². The summed E-state index contributed by atoms with van der Waals surface area (Å²) >= 11 is 3.53. The van der Waals surface area contributed by atoms with Crippen LogP contribution in [-0.4, -0.2) is 34.6 Å². The van der Waals surface area contributed by atoms with Crippen LogP contribution in [0.3, 0.4) is 0 Å². The second kappa shape index (κ2) is 4.99.